The average molecular weight is 288 g/mol. The summed E-state index contributed by atoms with van der Waals surface area (Å²) in [5.41, 5.74) is 4.72. The summed E-state index contributed by atoms with van der Waals surface area (Å²) in [6.07, 6.45) is -3.66. The molecule has 0 aromatic heterocycles. The van der Waals surface area contributed by atoms with Crippen molar-refractivity contribution in [3.05, 3.63) is 23.8 Å². The summed E-state index contributed by atoms with van der Waals surface area (Å²) in [6.45, 7) is 1.86. The van der Waals surface area contributed by atoms with Gasteiger partial charge in [0.2, 0.25) is 0 Å². The number of amides is 1. The number of nitrogen functional groups attached to an aromatic ring is 1. The van der Waals surface area contributed by atoms with E-state index >= 15 is 0 Å². The molecule has 0 bridgehead atoms. The lowest BCUT2D eigenvalue weighted by atomic mass is 10.1. The first-order valence-corrected chi connectivity index (χ1v) is 6.20. The van der Waals surface area contributed by atoms with Crippen molar-refractivity contribution in [2.24, 2.45) is 0 Å². The molecule has 1 aliphatic heterocycles. The monoisotopic (exact) mass is 288 g/mol. The molecule has 0 saturated carbocycles. The number of benzene rings is 1. The Kier molecular flexibility index (Phi) is 3.89. The Balaban J connectivity index is 2.08. The maximum atomic E-state index is 12.5. The first-order valence-electron chi connectivity index (χ1n) is 6.20. The third-order valence-corrected chi connectivity index (χ3v) is 3.16. The number of rotatable bonds is 2. The average Bonchev–Trinajstić information content (AvgIpc) is 2.77. The topological polar surface area (TPSA) is 64.4 Å². The van der Waals surface area contributed by atoms with Gasteiger partial charge in [-0.3, -0.25) is 4.79 Å². The van der Waals surface area contributed by atoms with E-state index < -0.39 is 17.8 Å². The van der Waals surface area contributed by atoms with Gasteiger partial charge >= 0.3 is 6.18 Å². The van der Waals surface area contributed by atoms with Crippen molar-refractivity contribution in [1.82, 2.24) is 0 Å². The highest BCUT2D eigenvalue weighted by Gasteiger charge is 2.32. The van der Waals surface area contributed by atoms with Gasteiger partial charge in [0.15, 0.2) is 0 Å². The molecule has 1 fully saturated rings. The van der Waals surface area contributed by atoms with Crippen molar-refractivity contribution in [2.75, 3.05) is 11.1 Å². The first kappa shape index (κ1) is 14.6. The summed E-state index contributed by atoms with van der Waals surface area (Å²) in [6, 6.07) is 2.83. The highest BCUT2D eigenvalue weighted by Crippen LogP contribution is 2.33. The molecule has 20 heavy (non-hydrogen) atoms. The number of hydrogen-bond acceptors (Lipinski definition) is 3. The van der Waals surface area contributed by atoms with Crippen molar-refractivity contribution in [3.8, 4) is 0 Å². The number of nitrogens with one attached hydrogen (secondary N) is 1. The minimum Gasteiger partial charge on any atom is -0.397 e. The molecule has 1 heterocycles. The molecule has 2 atom stereocenters. The molecule has 1 aromatic carbocycles. The van der Waals surface area contributed by atoms with Gasteiger partial charge in [0, 0.05) is 0 Å². The number of carbonyl (C=O) groups excluding carboxylic acids is 1. The quantitative estimate of drug-likeness (QED) is 0.822. The fourth-order valence-electron chi connectivity index (χ4n) is 2.06. The molecule has 0 spiro atoms. The molecule has 110 valence electrons. The SMILES string of the molecule is CC1CCC(C(=O)Nc2ccc(C(F)(F)F)cc2N)O1. The number of hydrogen-bond donors (Lipinski definition) is 2. The number of alkyl halides is 3. The second-order valence-corrected chi connectivity index (χ2v) is 4.80. The van der Waals surface area contributed by atoms with E-state index in [9.17, 15) is 18.0 Å². The molecule has 1 aromatic rings. The zero-order valence-corrected chi connectivity index (χ0v) is 10.8. The fraction of sp³-hybridized carbons (Fsp3) is 0.462. The molecule has 0 aliphatic carbocycles. The van der Waals surface area contributed by atoms with Gasteiger partial charge in [-0.1, -0.05) is 0 Å². The first-order chi connectivity index (χ1) is 9.27. The zero-order chi connectivity index (χ0) is 14.9. The highest BCUT2D eigenvalue weighted by molar-refractivity contribution is 5.96. The van der Waals surface area contributed by atoms with Gasteiger partial charge < -0.3 is 15.8 Å². The Hall–Kier alpha value is -1.76. The van der Waals surface area contributed by atoms with E-state index in [4.69, 9.17) is 10.5 Å². The van der Waals surface area contributed by atoms with Gasteiger partial charge in [-0.05, 0) is 38.0 Å². The molecule has 1 amide bonds. The molecule has 2 unspecified atom stereocenters. The molecule has 0 radical (unpaired) electrons. The third-order valence-electron chi connectivity index (χ3n) is 3.16. The van der Waals surface area contributed by atoms with Crippen LogP contribution in [0.4, 0.5) is 24.5 Å². The Labute approximate surface area is 114 Å². The largest absolute Gasteiger partial charge is 0.416 e. The second-order valence-electron chi connectivity index (χ2n) is 4.80. The van der Waals surface area contributed by atoms with E-state index in [-0.39, 0.29) is 23.4 Å². The number of carbonyl (C=O) groups is 1. The molecule has 1 saturated heterocycles. The lowest BCUT2D eigenvalue weighted by molar-refractivity contribution is -0.137. The van der Waals surface area contributed by atoms with E-state index in [1.807, 2.05) is 6.92 Å². The number of nitrogens with two attached hydrogens (primary N) is 1. The maximum absolute atomic E-state index is 12.5. The Morgan fingerprint density at radius 3 is 2.60 bits per heavy atom. The van der Waals surface area contributed by atoms with E-state index in [0.717, 1.165) is 24.6 Å². The highest BCUT2D eigenvalue weighted by atomic mass is 19.4. The van der Waals surface area contributed by atoms with Crippen LogP contribution in [-0.4, -0.2) is 18.1 Å². The number of anilines is 2. The summed E-state index contributed by atoms with van der Waals surface area (Å²) in [5, 5.41) is 2.50. The number of halogens is 3. The minimum absolute atomic E-state index is 0.00991. The van der Waals surface area contributed by atoms with E-state index in [0.29, 0.717) is 6.42 Å². The molecule has 7 heteroatoms. The smallest absolute Gasteiger partial charge is 0.397 e. The van der Waals surface area contributed by atoms with Crippen LogP contribution in [0.2, 0.25) is 0 Å². The van der Waals surface area contributed by atoms with Gasteiger partial charge in [-0.2, -0.15) is 13.2 Å². The van der Waals surface area contributed by atoms with Crippen LogP contribution in [-0.2, 0) is 15.7 Å². The van der Waals surface area contributed by atoms with Crippen LogP contribution in [0.25, 0.3) is 0 Å². The van der Waals surface area contributed by atoms with Crippen molar-refractivity contribution in [1.29, 1.82) is 0 Å². The fourth-order valence-corrected chi connectivity index (χ4v) is 2.06. The predicted octanol–water partition coefficient (Wildman–Crippen LogP) is 2.79. The molecule has 3 N–H and O–H groups in total. The van der Waals surface area contributed by atoms with Crippen molar-refractivity contribution in [2.45, 2.75) is 38.1 Å². The van der Waals surface area contributed by atoms with Crippen LogP contribution in [0, 0.1) is 0 Å². The van der Waals surface area contributed by atoms with Gasteiger partial charge in [-0.15, -0.1) is 0 Å². The van der Waals surface area contributed by atoms with Gasteiger partial charge in [-0.25, -0.2) is 0 Å². The predicted molar refractivity (Wildman–Crippen MR) is 68.1 cm³/mol. The zero-order valence-electron chi connectivity index (χ0n) is 10.8. The van der Waals surface area contributed by atoms with Crippen LogP contribution in [0.1, 0.15) is 25.3 Å². The van der Waals surface area contributed by atoms with Crippen molar-refractivity contribution < 1.29 is 22.7 Å². The molecule has 4 nitrogen and oxygen atoms in total. The maximum Gasteiger partial charge on any atom is 0.416 e. The van der Waals surface area contributed by atoms with Crippen LogP contribution < -0.4 is 11.1 Å². The Morgan fingerprint density at radius 1 is 1.40 bits per heavy atom. The van der Waals surface area contributed by atoms with Crippen LogP contribution in [0.15, 0.2) is 18.2 Å². The van der Waals surface area contributed by atoms with Crippen LogP contribution in [0.5, 0.6) is 0 Å². The lowest BCUT2D eigenvalue weighted by Crippen LogP contribution is -2.28. The lowest BCUT2D eigenvalue weighted by Gasteiger charge is -2.14. The van der Waals surface area contributed by atoms with Crippen molar-refractivity contribution >= 4 is 17.3 Å². The standard InChI is InChI=1S/C13H15F3N2O2/c1-7-2-5-11(20-7)12(19)18-10-4-3-8(6-9(10)17)13(14,15)16/h3-4,6-7,11H,2,5,17H2,1H3,(H,18,19). The van der Waals surface area contributed by atoms with Gasteiger partial charge in [0.05, 0.1) is 23.0 Å². The molecule has 2 rings (SSSR count). The summed E-state index contributed by atoms with van der Waals surface area (Å²) in [7, 11) is 0. The Bertz CT molecular complexity index is 517. The Morgan fingerprint density at radius 2 is 2.10 bits per heavy atom. The van der Waals surface area contributed by atoms with Crippen LogP contribution in [0.3, 0.4) is 0 Å². The molecular formula is C13H15F3N2O2. The summed E-state index contributed by atoms with van der Waals surface area (Å²) < 4.78 is 42.8. The second kappa shape index (κ2) is 5.32. The minimum atomic E-state index is -4.46. The summed E-state index contributed by atoms with van der Waals surface area (Å²) in [5.74, 6) is -0.388. The summed E-state index contributed by atoms with van der Waals surface area (Å²) in [4.78, 5) is 11.9. The third kappa shape index (κ3) is 3.22. The van der Waals surface area contributed by atoms with E-state index in [2.05, 4.69) is 5.32 Å². The van der Waals surface area contributed by atoms with Crippen molar-refractivity contribution in [3.63, 3.8) is 0 Å². The van der Waals surface area contributed by atoms with E-state index in [1.54, 1.807) is 0 Å². The van der Waals surface area contributed by atoms with Crippen LogP contribution >= 0.6 is 0 Å². The van der Waals surface area contributed by atoms with Gasteiger partial charge in [0.1, 0.15) is 6.10 Å². The number of ether oxygens (including phenoxy) is 1. The summed E-state index contributed by atoms with van der Waals surface area (Å²) >= 11 is 0. The normalized spacial score (nSPS) is 22.8. The van der Waals surface area contributed by atoms with E-state index in [1.165, 1.54) is 0 Å². The molecule has 1 aliphatic rings. The van der Waals surface area contributed by atoms with Gasteiger partial charge in [0.25, 0.3) is 5.91 Å². The molecular weight excluding hydrogens is 273 g/mol.